The summed E-state index contributed by atoms with van der Waals surface area (Å²) >= 11 is 3.05. The summed E-state index contributed by atoms with van der Waals surface area (Å²) in [5.41, 5.74) is -0.426. The molecule has 0 heterocycles. The first-order valence-corrected chi connectivity index (χ1v) is 5.38. The van der Waals surface area contributed by atoms with Crippen LogP contribution in [0, 0.1) is 0 Å². The predicted molar refractivity (Wildman–Crippen MR) is 60.2 cm³/mol. The van der Waals surface area contributed by atoms with Gasteiger partial charge in [0.1, 0.15) is 17.1 Å². The maximum atomic E-state index is 12.1. The van der Waals surface area contributed by atoms with E-state index in [1.807, 2.05) is 0 Å². The molecule has 0 spiro atoms. The Bertz CT molecular complexity index is 439. The van der Waals surface area contributed by atoms with Crippen LogP contribution < -0.4 is 9.47 Å². The lowest BCUT2D eigenvalue weighted by atomic mass is 10.2. The molecule has 0 aliphatic heterocycles. The van der Waals surface area contributed by atoms with Crippen LogP contribution in [0.2, 0.25) is 0 Å². The van der Waals surface area contributed by atoms with Crippen molar-refractivity contribution in [3.63, 3.8) is 0 Å². The van der Waals surface area contributed by atoms with Gasteiger partial charge in [-0.3, -0.25) is 0 Å². The van der Waals surface area contributed by atoms with Crippen LogP contribution in [-0.2, 0) is 4.74 Å². The van der Waals surface area contributed by atoms with Crippen LogP contribution >= 0.6 is 15.9 Å². The molecular formula is C10H9BrF2O5. The molecule has 0 radical (unpaired) electrons. The van der Waals surface area contributed by atoms with Crippen LogP contribution in [0.1, 0.15) is 10.4 Å². The van der Waals surface area contributed by atoms with Crippen molar-refractivity contribution in [3.8, 4) is 11.5 Å². The Labute approximate surface area is 109 Å². The molecule has 1 aromatic rings. The lowest BCUT2D eigenvalue weighted by molar-refractivity contribution is -0.0504. The maximum Gasteiger partial charge on any atom is 0.387 e. The molecule has 0 amide bonds. The fraction of sp³-hybridized carbons (Fsp3) is 0.300. The fourth-order valence-corrected chi connectivity index (χ4v) is 1.57. The lowest BCUT2D eigenvalue weighted by Gasteiger charge is -2.12. The Morgan fingerprint density at radius 2 is 2.11 bits per heavy atom. The quantitative estimate of drug-likeness (QED) is 0.814. The number of benzene rings is 1. The molecule has 0 aliphatic rings. The van der Waals surface area contributed by atoms with E-state index in [0.29, 0.717) is 0 Å². The van der Waals surface area contributed by atoms with Crippen LogP contribution in [0.5, 0.6) is 11.5 Å². The van der Waals surface area contributed by atoms with E-state index in [0.717, 1.165) is 12.1 Å². The van der Waals surface area contributed by atoms with Crippen LogP contribution in [0.15, 0.2) is 16.6 Å². The second-order valence-electron chi connectivity index (χ2n) is 3.01. The van der Waals surface area contributed by atoms with E-state index in [4.69, 9.17) is 9.84 Å². The number of aromatic carboxylic acids is 1. The molecule has 0 fully saturated rings. The largest absolute Gasteiger partial charge is 0.478 e. The second-order valence-corrected chi connectivity index (χ2v) is 3.87. The number of hydrogen-bond acceptors (Lipinski definition) is 4. The zero-order valence-corrected chi connectivity index (χ0v) is 10.7. The summed E-state index contributed by atoms with van der Waals surface area (Å²) in [5, 5.41) is 8.89. The predicted octanol–water partition coefficient (Wildman–Crippen LogP) is 2.73. The summed E-state index contributed by atoms with van der Waals surface area (Å²) in [6.07, 6.45) is 0. The third kappa shape index (κ3) is 3.81. The lowest BCUT2D eigenvalue weighted by Crippen LogP contribution is -2.09. The summed E-state index contributed by atoms with van der Waals surface area (Å²) in [6.45, 7) is -3.21. The number of hydrogen-bond donors (Lipinski definition) is 1. The highest BCUT2D eigenvalue weighted by molar-refractivity contribution is 9.10. The SMILES string of the molecule is COCOc1cc(C(=O)O)c(OC(F)F)cc1Br. The first kappa shape index (κ1) is 14.7. The van der Waals surface area contributed by atoms with E-state index in [-0.39, 0.29) is 17.0 Å². The third-order valence-electron chi connectivity index (χ3n) is 1.81. The van der Waals surface area contributed by atoms with Crippen LogP contribution in [0.25, 0.3) is 0 Å². The average molecular weight is 327 g/mol. The van der Waals surface area contributed by atoms with Crippen molar-refractivity contribution in [2.45, 2.75) is 6.61 Å². The molecule has 1 N–H and O–H groups in total. The third-order valence-corrected chi connectivity index (χ3v) is 2.43. The second kappa shape index (κ2) is 6.50. The standard InChI is InChI=1S/C10H9BrF2O5/c1-16-4-17-8-2-5(9(14)15)7(3-6(8)11)18-10(12)13/h2-3,10H,4H2,1H3,(H,14,15). The topological polar surface area (TPSA) is 65.0 Å². The van der Waals surface area contributed by atoms with Crippen LogP contribution in [0.4, 0.5) is 8.78 Å². The van der Waals surface area contributed by atoms with Gasteiger partial charge in [0.15, 0.2) is 6.79 Å². The van der Waals surface area contributed by atoms with Crippen molar-refractivity contribution in [3.05, 3.63) is 22.2 Å². The van der Waals surface area contributed by atoms with Crippen molar-refractivity contribution in [2.75, 3.05) is 13.9 Å². The normalized spacial score (nSPS) is 10.5. The number of carboxylic acid groups (broad SMARTS) is 1. The number of carboxylic acids is 1. The molecule has 8 heteroatoms. The number of halogens is 3. The van der Waals surface area contributed by atoms with Crippen LogP contribution in [-0.4, -0.2) is 31.6 Å². The van der Waals surface area contributed by atoms with Crippen molar-refractivity contribution in [2.24, 2.45) is 0 Å². The Kier molecular flexibility index (Phi) is 5.29. The van der Waals surface area contributed by atoms with Gasteiger partial charge in [0, 0.05) is 7.11 Å². The highest BCUT2D eigenvalue weighted by Crippen LogP contribution is 2.33. The number of alkyl halides is 2. The van der Waals surface area contributed by atoms with Gasteiger partial charge in [-0.25, -0.2) is 4.79 Å². The number of rotatable bonds is 6. The summed E-state index contributed by atoms with van der Waals surface area (Å²) in [6, 6.07) is 2.17. The molecule has 18 heavy (non-hydrogen) atoms. The maximum absolute atomic E-state index is 12.1. The minimum absolute atomic E-state index is 0.104. The molecule has 0 saturated carbocycles. The van der Waals surface area contributed by atoms with E-state index in [9.17, 15) is 13.6 Å². The number of ether oxygens (including phenoxy) is 3. The van der Waals surface area contributed by atoms with Gasteiger partial charge >= 0.3 is 12.6 Å². The first-order chi connectivity index (χ1) is 8.45. The Hall–Kier alpha value is -1.41. The Morgan fingerprint density at radius 1 is 1.44 bits per heavy atom. The van der Waals surface area contributed by atoms with E-state index in [1.165, 1.54) is 7.11 Å². The van der Waals surface area contributed by atoms with Crippen LogP contribution in [0.3, 0.4) is 0 Å². The van der Waals surface area contributed by atoms with E-state index >= 15 is 0 Å². The van der Waals surface area contributed by atoms with Gasteiger partial charge in [-0.05, 0) is 28.1 Å². The molecule has 0 atom stereocenters. The molecule has 5 nitrogen and oxygen atoms in total. The molecule has 1 rings (SSSR count). The summed E-state index contributed by atoms with van der Waals surface area (Å²) in [4.78, 5) is 10.9. The van der Waals surface area contributed by atoms with E-state index in [2.05, 4.69) is 25.4 Å². The van der Waals surface area contributed by atoms with E-state index in [1.54, 1.807) is 0 Å². The van der Waals surface area contributed by atoms with Gasteiger partial charge in [-0.15, -0.1) is 0 Å². The summed E-state index contributed by atoms with van der Waals surface area (Å²) < 4.78 is 38.3. The smallest absolute Gasteiger partial charge is 0.387 e. The minimum Gasteiger partial charge on any atom is -0.478 e. The molecule has 0 saturated heterocycles. The molecule has 0 aromatic heterocycles. The van der Waals surface area contributed by atoms with Gasteiger partial charge in [-0.1, -0.05) is 0 Å². The molecule has 1 aromatic carbocycles. The van der Waals surface area contributed by atoms with Crippen molar-refractivity contribution < 1.29 is 32.9 Å². The number of carbonyl (C=O) groups is 1. The first-order valence-electron chi connectivity index (χ1n) is 4.59. The molecule has 0 aliphatic carbocycles. The molecule has 0 bridgehead atoms. The molecule has 100 valence electrons. The molecular weight excluding hydrogens is 318 g/mol. The highest BCUT2D eigenvalue weighted by atomic mass is 79.9. The minimum atomic E-state index is -3.11. The van der Waals surface area contributed by atoms with Gasteiger partial charge in [-0.2, -0.15) is 8.78 Å². The van der Waals surface area contributed by atoms with Gasteiger partial charge < -0.3 is 19.3 Å². The van der Waals surface area contributed by atoms with E-state index < -0.39 is 23.9 Å². The monoisotopic (exact) mass is 326 g/mol. The summed E-state index contributed by atoms with van der Waals surface area (Å²) in [5.74, 6) is -1.70. The number of methoxy groups -OCH3 is 1. The van der Waals surface area contributed by atoms with Gasteiger partial charge in [0.2, 0.25) is 0 Å². The van der Waals surface area contributed by atoms with Crippen molar-refractivity contribution in [1.82, 2.24) is 0 Å². The Morgan fingerprint density at radius 3 is 2.61 bits per heavy atom. The fourth-order valence-electron chi connectivity index (χ4n) is 1.13. The zero-order valence-electron chi connectivity index (χ0n) is 9.15. The van der Waals surface area contributed by atoms with Crippen molar-refractivity contribution >= 4 is 21.9 Å². The molecule has 0 unspecified atom stereocenters. The van der Waals surface area contributed by atoms with Crippen molar-refractivity contribution in [1.29, 1.82) is 0 Å². The Balaban J connectivity index is 3.12. The van der Waals surface area contributed by atoms with Gasteiger partial charge in [0.05, 0.1) is 4.47 Å². The highest BCUT2D eigenvalue weighted by Gasteiger charge is 2.18. The van der Waals surface area contributed by atoms with Gasteiger partial charge in [0.25, 0.3) is 0 Å². The zero-order chi connectivity index (χ0) is 13.7. The average Bonchev–Trinajstić information content (AvgIpc) is 2.26. The summed E-state index contributed by atoms with van der Waals surface area (Å²) in [7, 11) is 1.39.